The summed E-state index contributed by atoms with van der Waals surface area (Å²) in [6, 6.07) is 20.5. The Morgan fingerprint density at radius 3 is 1.37 bits per heavy atom. The summed E-state index contributed by atoms with van der Waals surface area (Å²) in [7, 11) is 11.5. The van der Waals surface area contributed by atoms with Crippen molar-refractivity contribution >= 4 is 44.0 Å². The summed E-state index contributed by atoms with van der Waals surface area (Å²) < 4.78 is 2.08. The molecule has 0 aliphatic carbocycles. The first kappa shape index (κ1) is 21.5. The van der Waals surface area contributed by atoms with Crippen LogP contribution in [-0.2, 0) is 20.2 Å². The molecule has 3 rings (SSSR count). The third-order valence-corrected chi connectivity index (χ3v) is 3.96. The molecule has 142 valence electrons. The van der Waals surface area contributed by atoms with Crippen LogP contribution in [0.2, 0.25) is 0 Å². The van der Waals surface area contributed by atoms with Crippen molar-refractivity contribution in [3.05, 3.63) is 83.2 Å². The molecule has 1 aromatic heterocycles. The van der Waals surface area contributed by atoms with Crippen LogP contribution >= 0.6 is 20.2 Å². The van der Waals surface area contributed by atoms with Gasteiger partial charge in [0.25, 0.3) is 0 Å². The fourth-order valence-electron chi connectivity index (χ4n) is 2.35. The third-order valence-electron chi connectivity index (χ3n) is 3.96. The molecule has 0 fully saturated rings. The van der Waals surface area contributed by atoms with Gasteiger partial charge in [-0.2, -0.15) is 0 Å². The summed E-state index contributed by atoms with van der Waals surface area (Å²) in [4.78, 5) is 9.06. The van der Waals surface area contributed by atoms with Crippen LogP contribution in [0.5, 0.6) is 0 Å². The van der Waals surface area contributed by atoms with Gasteiger partial charge in [-0.1, -0.05) is 35.4 Å². The van der Waals surface area contributed by atoms with E-state index in [4.69, 9.17) is 20.2 Å². The molecule has 0 unspecified atom stereocenters. The van der Waals surface area contributed by atoms with Crippen LogP contribution in [0.3, 0.4) is 0 Å². The Morgan fingerprint density at radius 1 is 0.704 bits per heavy atom. The number of rotatable bonds is 4. The van der Waals surface area contributed by atoms with Gasteiger partial charge >= 0.3 is 33.3 Å². The first-order chi connectivity index (χ1) is 13.0. The van der Waals surface area contributed by atoms with Gasteiger partial charge in [0, 0.05) is 7.05 Å². The van der Waals surface area contributed by atoms with Gasteiger partial charge in [0.2, 0.25) is 0 Å². The molecular weight excluding hydrogens is 421 g/mol. The van der Waals surface area contributed by atoms with Crippen molar-refractivity contribution in [3.63, 3.8) is 0 Å². The molecule has 0 bridgehead atoms. The van der Waals surface area contributed by atoms with E-state index in [2.05, 4.69) is 52.7 Å². The van der Waals surface area contributed by atoms with Gasteiger partial charge in [0.1, 0.15) is 0 Å². The molecule has 6 heteroatoms. The first-order valence-corrected chi connectivity index (χ1v) is 11.3. The predicted molar refractivity (Wildman–Crippen MR) is 114 cm³/mol. The fraction of sp³-hybridized carbons (Fsp3) is 0.143. The Hall–Kier alpha value is -1.84. The topological polar surface area (TPSA) is 29.6 Å². The zero-order valence-corrected chi connectivity index (χ0v) is 18.0. The van der Waals surface area contributed by atoms with Crippen molar-refractivity contribution in [2.24, 2.45) is 17.0 Å². The van der Waals surface area contributed by atoms with Crippen LogP contribution < -0.4 is 0 Å². The van der Waals surface area contributed by atoms with Crippen molar-refractivity contribution in [2.45, 2.75) is 13.8 Å². The van der Waals surface area contributed by atoms with Gasteiger partial charge in [0.05, 0.1) is 35.2 Å². The van der Waals surface area contributed by atoms with E-state index in [0.717, 1.165) is 22.8 Å². The second-order valence-corrected chi connectivity index (χ2v) is 7.80. The number of nitrogens with zero attached hydrogens (tertiary/aromatic N) is 3. The Bertz CT molecular complexity index is 825. The maximum absolute atomic E-state index is 4.76. The van der Waals surface area contributed by atoms with Gasteiger partial charge in [-0.25, -0.2) is 0 Å². The van der Waals surface area contributed by atoms with E-state index in [1.54, 1.807) is 0 Å². The second-order valence-electron chi connectivity index (χ2n) is 5.98. The van der Waals surface area contributed by atoms with E-state index in [1.807, 2.05) is 55.9 Å². The average Bonchev–Trinajstić information content (AvgIpc) is 3.01. The SMILES string of the molecule is Cc1ccc(N=Cc2ccc(C=Nc3ccc(C)cc3)n2C)cc1.[Cl][Fe][Cl]. The van der Waals surface area contributed by atoms with Crippen molar-refractivity contribution in [1.29, 1.82) is 0 Å². The van der Waals surface area contributed by atoms with E-state index < -0.39 is 0 Å². The van der Waals surface area contributed by atoms with E-state index >= 15 is 0 Å². The molecule has 3 nitrogen and oxygen atoms in total. The first-order valence-electron chi connectivity index (χ1n) is 8.26. The molecule has 3 aromatic rings. The molecular formula is C21H21Cl2FeN3. The van der Waals surface area contributed by atoms with Crippen LogP contribution in [0.25, 0.3) is 0 Å². The number of hydrogen-bond acceptors (Lipinski definition) is 2. The Morgan fingerprint density at radius 2 is 1.04 bits per heavy atom. The fourth-order valence-corrected chi connectivity index (χ4v) is 2.35. The summed E-state index contributed by atoms with van der Waals surface area (Å²) >= 11 is 0.194. The minimum atomic E-state index is 0.194. The van der Waals surface area contributed by atoms with Crippen LogP contribution in [0.15, 0.2) is 70.6 Å². The number of aryl methyl sites for hydroxylation is 2. The normalized spacial score (nSPS) is 11.1. The van der Waals surface area contributed by atoms with Crippen LogP contribution in [0.4, 0.5) is 11.4 Å². The molecule has 0 atom stereocenters. The van der Waals surface area contributed by atoms with E-state index in [9.17, 15) is 0 Å². The molecule has 0 saturated carbocycles. The Balaban J connectivity index is 0.000000817. The number of aliphatic imine (C=N–C) groups is 2. The summed E-state index contributed by atoms with van der Waals surface area (Å²) in [5.41, 5.74) is 6.47. The quantitative estimate of drug-likeness (QED) is 0.325. The van der Waals surface area contributed by atoms with Crippen LogP contribution in [-0.4, -0.2) is 17.0 Å². The molecule has 0 N–H and O–H groups in total. The number of benzene rings is 2. The zero-order valence-electron chi connectivity index (χ0n) is 15.4. The Labute approximate surface area is 175 Å². The number of hydrogen-bond donors (Lipinski definition) is 0. The van der Waals surface area contributed by atoms with Gasteiger partial charge < -0.3 is 4.57 Å². The molecule has 0 aliphatic heterocycles. The summed E-state index contributed by atoms with van der Waals surface area (Å²) in [6.07, 6.45) is 3.77. The van der Waals surface area contributed by atoms with Crippen molar-refractivity contribution in [2.75, 3.05) is 0 Å². The van der Waals surface area contributed by atoms with E-state index in [-0.39, 0.29) is 13.1 Å². The van der Waals surface area contributed by atoms with Gasteiger partial charge in [-0.15, -0.1) is 0 Å². The van der Waals surface area contributed by atoms with Gasteiger partial charge in [-0.05, 0) is 50.2 Å². The standard InChI is InChI=1S/C21H21N3.2ClH.Fe/c1-16-4-8-18(9-5-16)22-14-20-12-13-21(24(20)3)15-23-19-10-6-17(2)7-11-19;;;/h4-15H,1-3H3;2*1H;/q;;;+2/p-2. The second kappa shape index (κ2) is 11.1. The molecule has 2 aromatic carbocycles. The van der Waals surface area contributed by atoms with Crippen molar-refractivity contribution in [1.82, 2.24) is 4.57 Å². The average molecular weight is 442 g/mol. The molecule has 0 amide bonds. The Kier molecular flexibility index (Phi) is 8.83. The number of halogens is 2. The molecule has 0 saturated heterocycles. The zero-order chi connectivity index (χ0) is 19.6. The summed E-state index contributed by atoms with van der Waals surface area (Å²) in [5, 5.41) is 0. The van der Waals surface area contributed by atoms with Gasteiger partial charge in [-0.3, -0.25) is 9.98 Å². The third kappa shape index (κ3) is 7.00. The monoisotopic (exact) mass is 441 g/mol. The molecule has 27 heavy (non-hydrogen) atoms. The van der Waals surface area contributed by atoms with Crippen molar-refractivity contribution < 1.29 is 13.1 Å². The van der Waals surface area contributed by atoms with Crippen molar-refractivity contribution in [3.8, 4) is 0 Å². The van der Waals surface area contributed by atoms with E-state index in [1.165, 1.54) is 11.1 Å². The summed E-state index contributed by atoms with van der Waals surface area (Å²) in [6.45, 7) is 4.15. The molecule has 0 spiro atoms. The summed E-state index contributed by atoms with van der Waals surface area (Å²) in [5.74, 6) is 0. The molecule has 1 heterocycles. The van der Waals surface area contributed by atoms with Gasteiger partial charge in [0.15, 0.2) is 0 Å². The predicted octanol–water partition coefficient (Wildman–Crippen LogP) is 6.52. The molecule has 0 aliphatic rings. The van der Waals surface area contributed by atoms with Crippen LogP contribution in [0.1, 0.15) is 22.5 Å². The van der Waals surface area contributed by atoms with Crippen LogP contribution in [0, 0.1) is 13.8 Å². The van der Waals surface area contributed by atoms with E-state index in [0.29, 0.717) is 0 Å². The maximum atomic E-state index is 4.76. The number of aromatic nitrogens is 1. The minimum absolute atomic E-state index is 0.194. The molecule has 0 radical (unpaired) electrons.